The van der Waals surface area contributed by atoms with Crippen LogP contribution in [0.3, 0.4) is 0 Å². The van der Waals surface area contributed by atoms with E-state index in [1.54, 1.807) is 0 Å². The maximum absolute atomic E-state index is 13.6. The van der Waals surface area contributed by atoms with Gasteiger partial charge in [0.2, 0.25) is 0 Å². The first-order valence-electron chi connectivity index (χ1n) is 6.59. The number of benzene rings is 1. The van der Waals surface area contributed by atoms with Gasteiger partial charge in [0.15, 0.2) is 0 Å². The van der Waals surface area contributed by atoms with Gasteiger partial charge in [-0.15, -0.1) is 0 Å². The number of carbonyl (C=O) groups is 1. The minimum Gasteiger partial charge on any atom is -0.347 e. The molecule has 7 heteroatoms. The highest BCUT2D eigenvalue weighted by Gasteiger charge is 2.39. The molecular formula is C14H17ClFNO3S. The van der Waals surface area contributed by atoms with Crippen molar-refractivity contribution in [2.24, 2.45) is 5.92 Å². The zero-order valence-electron chi connectivity index (χ0n) is 12.0. The highest BCUT2D eigenvalue weighted by molar-refractivity contribution is 8.13. The average molecular weight is 334 g/mol. The van der Waals surface area contributed by atoms with Gasteiger partial charge in [0.05, 0.1) is 4.90 Å². The molecule has 1 aliphatic carbocycles. The highest BCUT2D eigenvalue weighted by atomic mass is 35.7. The molecule has 0 saturated heterocycles. The van der Waals surface area contributed by atoms with Gasteiger partial charge in [-0.3, -0.25) is 4.79 Å². The van der Waals surface area contributed by atoms with Gasteiger partial charge in [-0.25, -0.2) is 12.8 Å². The summed E-state index contributed by atoms with van der Waals surface area (Å²) in [4.78, 5) is 12.0. The minimum atomic E-state index is -4.11. The molecule has 0 heterocycles. The van der Waals surface area contributed by atoms with Crippen LogP contribution in [0, 0.1) is 18.7 Å². The number of nitrogens with one attached hydrogen (secondary N) is 1. The topological polar surface area (TPSA) is 63.2 Å². The van der Waals surface area contributed by atoms with E-state index in [9.17, 15) is 17.6 Å². The van der Waals surface area contributed by atoms with Crippen molar-refractivity contribution in [3.05, 3.63) is 29.1 Å². The van der Waals surface area contributed by atoms with Crippen LogP contribution in [0.5, 0.6) is 0 Å². The lowest BCUT2D eigenvalue weighted by atomic mass is 9.97. The van der Waals surface area contributed by atoms with E-state index in [2.05, 4.69) is 5.32 Å². The summed E-state index contributed by atoms with van der Waals surface area (Å²) in [6.07, 6.45) is 2.08. The molecule has 4 nitrogen and oxygen atoms in total. The largest absolute Gasteiger partial charge is 0.347 e. The Morgan fingerprint density at radius 2 is 1.95 bits per heavy atom. The van der Waals surface area contributed by atoms with E-state index < -0.39 is 26.3 Å². The van der Waals surface area contributed by atoms with Crippen LogP contribution in [0.4, 0.5) is 4.39 Å². The molecule has 2 rings (SSSR count). The van der Waals surface area contributed by atoms with Crippen LogP contribution in [-0.4, -0.2) is 19.9 Å². The van der Waals surface area contributed by atoms with Gasteiger partial charge in [0, 0.05) is 21.8 Å². The van der Waals surface area contributed by atoms with Gasteiger partial charge in [-0.05, 0) is 57.2 Å². The van der Waals surface area contributed by atoms with Crippen molar-refractivity contribution in [2.45, 2.75) is 44.0 Å². The molecule has 0 aliphatic heterocycles. The SMILES string of the molecule is Cc1c(C(=O)NC(C)(C)C2CC2)cc(F)cc1S(=O)(=O)Cl. The lowest BCUT2D eigenvalue weighted by Crippen LogP contribution is -2.45. The van der Waals surface area contributed by atoms with Gasteiger partial charge < -0.3 is 5.32 Å². The molecule has 21 heavy (non-hydrogen) atoms. The van der Waals surface area contributed by atoms with Crippen molar-refractivity contribution in [3.8, 4) is 0 Å². The quantitative estimate of drug-likeness (QED) is 0.862. The first-order chi connectivity index (χ1) is 9.52. The van der Waals surface area contributed by atoms with Gasteiger partial charge in [0.25, 0.3) is 15.0 Å². The van der Waals surface area contributed by atoms with Crippen molar-refractivity contribution >= 4 is 25.6 Å². The summed E-state index contributed by atoms with van der Waals surface area (Å²) >= 11 is 0. The second kappa shape index (κ2) is 5.25. The fraction of sp³-hybridized carbons (Fsp3) is 0.500. The first kappa shape index (κ1) is 16.2. The summed E-state index contributed by atoms with van der Waals surface area (Å²) in [7, 11) is 1.17. The number of hydrogen-bond acceptors (Lipinski definition) is 3. The van der Waals surface area contributed by atoms with Crippen LogP contribution in [0.1, 0.15) is 42.6 Å². The number of carbonyl (C=O) groups excluding carboxylic acids is 1. The standard InChI is InChI=1S/C14H17ClFNO3S/c1-8-11(6-10(16)7-12(8)21(15,19)20)13(18)17-14(2,3)9-4-5-9/h6-7,9H,4-5H2,1-3H3,(H,17,18). The van der Waals surface area contributed by atoms with Gasteiger partial charge in [-0.1, -0.05) is 0 Å². The molecule has 116 valence electrons. The minimum absolute atomic E-state index is 0.0112. The van der Waals surface area contributed by atoms with Crippen molar-refractivity contribution in [2.75, 3.05) is 0 Å². The maximum atomic E-state index is 13.6. The smallest absolute Gasteiger partial charge is 0.261 e. The Morgan fingerprint density at radius 1 is 1.38 bits per heavy atom. The third-order valence-corrected chi connectivity index (χ3v) is 5.31. The molecule has 1 fully saturated rings. The Hall–Kier alpha value is -1.14. The summed E-state index contributed by atoms with van der Waals surface area (Å²) in [5, 5.41) is 2.84. The molecule has 0 unspecified atom stereocenters. The molecule has 1 amide bonds. The fourth-order valence-electron chi connectivity index (χ4n) is 2.41. The van der Waals surface area contributed by atoms with Crippen LogP contribution in [0.15, 0.2) is 17.0 Å². The van der Waals surface area contributed by atoms with Crippen LogP contribution in [0.2, 0.25) is 0 Å². The zero-order chi connectivity index (χ0) is 16.0. The monoisotopic (exact) mass is 333 g/mol. The summed E-state index contributed by atoms with van der Waals surface area (Å²) in [5.41, 5.74) is -0.269. The van der Waals surface area contributed by atoms with Gasteiger partial charge in [-0.2, -0.15) is 0 Å². The zero-order valence-corrected chi connectivity index (χ0v) is 13.6. The Balaban J connectivity index is 2.39. The van der Waals surface area contributed by atoms with Crippen molar-refractivity contribution < 1.29 is 17.6 Å². The Kier molecular flexibility index (Phi) is 4.06. The molecule has 0 atom stereocenters. The summed E-state index contributed by atoms with van der Waals surface area (Å²) in [6.45, 7) is 5.24. The second-order valence-electron chi connectivity index (χ2n) is 5.96. The third kappa shape index (κ3) is 3.55. The molecular weight excluding hydrogens is 317 g/mol. The molecule has 0 radical (unpaired) electrons. The Bertz CT molecular complexity index is 696. The number of hydrogen-bond donors (Lipinski definition) is 1. The predicted octanol–water partition coefficient (Wildman–Crippen LogP) is 2.98. The molecule has 1 aromatic carbocycles. The van der Waals surface area contributed by atoms with E-state index in [0.29, 0.717) is 5.92 Å². The molecule has 1 aromatic rings. The second-order valence-corrected chi connectivity index (χ2v) is 8.50. The average Bonchev–Trinajstić information content (AvgIpc) is 3.13. The Labute approximate surface area is 128 Å². The van der Waals surface area contributed by atoms with Gasteiger partial charge in [0.1, 0.15) is 5.82 Å². The van der Waals surface area contributed by atoms with E-state index >= 15 is 0 Å². The van der Waals surface area contributed by atoms with Crippen molar-refractivity contribution in [3.63, 3.8) is 0 Å². The maximum Gasteiger partial charge on any atom is 0.261 e. The molecule has 1 N–H and O–H groups in total. The van der Waals surface area contributed by atoms with Gasteiger partial charge >= 0.3 is 0 Å². The highest BCUT2D eigenvalue weighted by Crippen LogP contribution is 2.39. The third-order valence-electron chi connectivity index (χ3n) is 3.87. The van der Waals surface area contributed by atoms with Crippen LogP contribution in [-0.2, 0) is 9.05 Å². The normalized spacial score (nSPS) is 15.9. The number of halogens is 2. The van der Waals surface area contributed by atoms with E-state index in [1.165, 1.54) is 6.92 Å². The van der Waals surface area contributed by atoms with E-state index in [-0.39, 0.29) is 16.0 Å². The van der Waals surface area contributed by atoms with E-state index in [1.807, 2.05) is 13.8 Å². The summed E-state index contributed by atoms with van der Waals surface area (Å²) < 4.78 is 36.5. The summed E-state index contributed by atoms with van der Waals surface area (Å²) in [5.74, 6) is -0.911. The van der Waals surface area contributed by atoms with Crippen LogP contribution >= 0.6 is 10.7 Å². The molecule has 1 aliphatic rings. The molecule has 0 aromatic heterocycles. The van der Waals surface area contributed by atoms with Crippen molar-refractivity contribution in [1.82, 2.24) is 5.32 Å². The molecule has 1 saturated carbocycles. The first-order valence-corrected chi connectivity index (χ1v) is 8.90. The predicted molar refractivity (Wildman–Crippen MR) is 78.4 cm³/mol. The fourth-order valence-corrected chi connectivity index (χ4v) is 3.62. The van der Waals surface area contributed by atoms with E-state index in [0.717, 1.165) is 25.0 Å². The van der Waals surface area contributed by atoms with Crippen LogP contribution in [0.25, 0.3) is 0 Å². The van der Waals surface area contributed by atoms with E-state index in [4.69, 9.17) is 10.7 Å². The number of rotatable bonds is 4. The number of amides is 1. The Morgan fingerprint density at radius 3 is 2.43 bits per heavy atom. The van der Waals surface area contributed by atoms with Crippen molar-refractivity contribution in [1.29, 1.82) is 0 Å². The summed E-state index contributed by atoms with van der Waals surface area (Å²) in [6, 6.07) is 1.85. The molecule has 0 bridgehead atoms. The lowest BCUT2D eigenvalue weighted by molar-refractivity contribution is 0.0902. The lowest BCUT2D eigenvalue weighted by Gasteiger charge is -2.26. The van der Waals surface area contributed by atoms with Crippen LogP contribution < -0.4 is 5.32 Å². The molecule has 0 spiro atoms.